The first-order chi connectivity index (χ1) is 13.7. The molecule has 7 nitrogen and oxygen atoms in total. The molecule has 0 bridgehead atoms. The molecule has 0 fully saturated rings. The van der Waals surface area contributed by atoms with Crippen LogP contribution in [0, 0.1) is 0 Å². The van der Waals surface area contributed by atoms with Gasteiger partial charge in [-0.3, -0.25) is 14.2 Å². The van der Waals surface area contributed by atoms with Gasteiger partial charge in [0.25, 0.3) is 5.91 Å². The van der Waals surface area contributed by atoms with Crippen molar-refractivity contribution in [2.75, 3.05) is 13.2 Å². The summed E-state index contributed by atoms with van der Waals surface area (Å²) < 4.78 is 1.92. The van der Waals surface area contributed by atoms with E-state index in [0.717, 1.165) is 22.5 Å². The summed E-state index contributed by atoms with van der Waals surface area (Å²) in [6.45, 7) is 0.122. The summed E-state index contributed by atoms with van der Waals surface area (Å²) in [7, 11) is 0. The topological polar surface area (TPSA) is 99.8 Å². The number of nitrogens with one attached hydrogen (secondary N) is 1. The van der Waals surface area contributed by atoms with Gasteiger partial charge >= 0.3 is 0 Å². The van der Waals surface area contributed by atoms with Crippen LogP contribution in [-0.2, 0) is 0 Å². The van der Waals surface area contributed by atoms with E-state index in [2.05, 4.69) is 15.3 Å². The Morgan fingerprint density at radius 2 is 1.86 bits per heavy atom. The van der Waals surface area contributed by atoms with Gasteiger partial charge in [0.2, 0.25) is 0 Å². The van der Waals surface area contributed by atoms with Crippen LogP contribution in [0.15, 0.2) is 67.1 Å². The third-order valence-corrected chi connectivity index (χ3v) is 4.38. The van der Waals surface area contributed by atoms with Crippen LogP contribution in [-0.4, -0.2) is 43.6 Å². The highest BCUT2D eigenvalue weighted by Gasteiger charge is 2.10. The van der Waals surface area contributed by atoms with Crippen molar-refractivity contribution in [3.8, 4) is 28.3 Å². The van der Waals surface area contributed by atoms with Crippen molar-refractivity contribution in [1.82, 2.24) is 19.7 Å². The largest absolute Gasteiger partial charge is 0.508 e. The lowest BCUT2D eigenvalue weighted by molar-refractivity contribution is 0.0945. The number of carbonyl (C=O) groups excluding carboxylic acids is 1. The van der Waals surface area contributed by atoms with E-state index in [1.165, 1.54) is 0 Å². The van der Waals surface area contributed by atoms with E-state index in [4.69, 9.17) is 5.11 Å². The van der Waals surface area contributed by atoms with Crippen molar-refractivity contribution in [2.24, 2.45) is 0 Å². The van der Waals surface area contributed by atoms with Crippen LogP contribution in [0.25, 0.3) is 28.2 Å². The standard InChI is InChI=1S/C21H18N4O3/c26-9-8-22-21(28)15-6-4-14(5-7-15)18-13-25-19(11-24-20(25)12-23-18)16-2-1-3-17(27)10-16/h1-7,10-13,26-27H,8-9H2,(H,22,28). The van der Waals surface area contributed by atoms with Gasteiger partial charge in [0.15, 0.2) is 5.65 Å². The molecule has 0 radical (unpaired) electrons. The summed E-state index contributed by atoms with van der Waals surface area (Å²) >= 11 is 0. The highest BCUT2D eigenvalue weighted by atomic mass is 16.3. The third-order valence-electron chi connectivity index (χ3n) is 4.38. The van der Waals surface area contributed by atoms with E-state index < -0.39 is 0 Å². The lowest BCUT2D eigenvalue weighted by Gasteiger charge is -2.07. The Hall–Kier alpha value is -3.71. The fourth-order valence-corrected chi connectivity index (χ4v) is 2.98. The second-order valence-electron chi connectivity index (χ2n) is 6.25. The molecular formula is C21H18N4O3. The Kier molecular flexibility index (Phi) is 4.74. The van der Waals surface area contributed by atoms with Crippen molar-refractivity contribution in [3.63, 3.8) is 0 Å². The lowest BCUT2D eigenvalue weighted by Crippen LogP contribution is -2.26. The number of fused-ring (bicyclic) bond motifs is 1. The molecule has 0 atom stereocenters. The molecule has 28 heavy (non-hydrogen) atoms. The predicted molar refractivity (Wildman–Crippen MR) is 105 cm³/mol. The molecule has 1 amide bonds. The molecule has 4 aromatic rings. The van der Waals surface area contributed by atoms with E-state index in [1.54, 1.807) is 42.7 Å². The summed E-state index contributed by atoms with van der Waals surface area (Å²) in [6, 6.07) is 14.1. The Balaban J connectivity index is 1.68. The Morgan fingerprint density at radius 1 is 1.04 bits per heavy atom. The highest BCUT2D eigenvalue weighted by Crippen LogP contribution is 2.26. The van der Waals surface area contributed by atoms with Crippen LogP contribution in [0.4, 0.5) is 0 Å². The van der Waals surface area contributed by atoms with Crippen LogP contribution in [0.1, 0.15) is 10.4 Å². The molecule has 0 unspecified atom stereocenters. The van der Waals surface area contributed by atoms with E-state index in [0.29, 0.717) is 11.2 Å². The molecule has 2 aromatic heterocycles. The zero-order chi connectivity index (χ0) is 19.5. The number of carbonyl (C=O) groups is 1. The summed E-state index contributed by atoms with van der Waals surface area (Å²) in [4.78, 5) is 20.8. The van der Waals surface area contributed by atoms with Gasteiger partial charge in [-0.1, -0.05) is 24.3 Å². The molecule has 0 spiro atoms. The Morgan fingerprint density at radius 3 is 2.61 bits per heavy atom. The van der Waals surface area contributed by atoms with Crippen molar-refractivity contribution in [3.05, 3.63) is 72.7 Å². The van der Waals surface area contributed by atoms with E-state index >= 15 is 0 Å². The van der Waals surface area contributed by atoms with Gasteiger partial charge in [0.05, 0.1) is 30.4 Å². The number of hydrogen-bond acceptors (Lipinski definition) is 5. The predicted octanol–water partition coefficient (Wildman–Crippen LogP) is 2.49. The van der Waals surface area contributed by atoms with Crippen LogP contribution in [0.3, 0.4) is 0 Å². The maximum absolute atomic E-state index is 11.9. The molecule has 2 aromatic carbocycles. The number of imidazole rings is 1. The van der Waals surface area contributed by atoms with Gasteiger partial charge in [-0.15, -0.1) is 0 Å². The second-order valence-corrected chi connectivity index (χ2v) is 6.25. The summed E-state index contributed by atoms with van der Waals surface area (Å²) in [6.07, 6.45) is 5.30. The maximum Gasteiger partial charge on any atom is 0.251 e. The van der Waals surface area contributed by atoms with Gasteiger partial charge in [0.1, 0.15) is 5.75 Å². The van der Waals surface area contributed by atoms with Gasteiger partial charge in [-0.25, -0.2) is 4.98 Å². The molecule has 7 heteroatoms. The quantitative estimate of drug-likeness (QED) is 0.498. The van der Waals surface area contributed by atoms with Crippen molar-refractivity contribution >= 4 is 11.6 Å². The number of aromatic hydroxyl groups is 1. The number of phenolic OH excluding ortho intramolecular Hbond substituents is 1. The van der Waals surface area contributed by atoms with Gasteiger partial charge in [-0.05, 0) is 24.3 Å². The fraction of sp³-hybridized carbons (Fsp3) is 0.0952. The number of rotatable bonds is 5. The van der Waals surface area contributed by atoms with E-state index in [1.807, 2.05) is 28.8 Å². The second kappa shape index (κ2) is 7.50. The molecule has 0 saturated carbocycles. The molecule has 4 rings (SSSR count). The number of phenols is 1. The van der Waals surface area contributed by atoms with E-state index in [9.17, 15) is 9.90 Å². The molecular weight excluding hydrogens is 356 g/mol. The van der Waals surface area contributed by atoms with Crippen molar-refractivity contribution < 1.29 is 15.0 Å². The van der Waals surface area contributed by atoms with Crippen LogP contribution in [0.5, 0.6) is 5.75 Å². The highest BCUT2D eigenvalue weighted by molar-refractivity contribution is 5.94. The minimum absolute atomic E-state index is 0.0970. The number of hydrogen-bond donors (Lipinski definition) is 3. The first-order valence-electron chi connectivity index (χ1n) is 8.78. The molecule has 0 aliphatic heterocycles. The minimum atomic E-state index is -0.232. The van der Waals surface area contributed by atoms with Gasteiger partial charge in [0, 0.05) is 29.4 Å². The zero-order valence-electron chi connectivity index (χ0n) is 14.9. The van der Waals surface area contributed by atoms with Gasteiger partial charge in [-0.2, -0.15) is 0 Å². The first kappa shape index (κ1) is 17.7. The zero-order valence-corrected chi connectivity index (χ0v) is 14.9. The normalized spacial score (nSPS) is 10.9. The fourth-order valence-electron chi connectivity index (χ4n) is 2.98. The van der Waals surface area contributed by atoms with E-state index in [-0.39, 0.29) is 24.8 Å². The molecule has 140 valence electrons. The number of aromatic nitrogens is 3. The molecule has 0 aliphatic rings. The van der Waals surface area contributed by atoms with Gasteiger partial charge < -0.3 is 15.5 Å². The van der Waals surface area contributed by atoms with Crippen LogP contribution in [0.2, 0.25) is 0 Å². The van der Waals surface area contributed by atoms with Crippen molar-refractivity contribution in [1.29, 1.82) is 0 Å². The summed E-state index contributed by atoms with van der Waals surface area (Å²) in [5, 5.41) is 21.2. The summed E-state index contributed by atoms with van der Waals surface area (Å²) in [5.41, 5.74) is 4.49. The van der Waals surface area contributed by atoms with Crippen molar-refractivity contribution in [2.45, 2.75) is 0 Å². The smallest absolute Gasteiger partial charge is 0.251 e. The lowest BCUT2D eigenvalue weighted by atomic mass is 10.1. The molecule has 0 saturated heterocycles. The minimum Gasteiger partial charge on any atom is -0.508 e. The SMILES string of the molecule is O=C(NCCO)c1ccc(-c2cn3c(-c4cccc(O)c4)cnc3cn2)cc1. The number of amides is 1. The summed E-state index contributed by atoms with van der Waals surface area (Å²) in [5.74, 6) is -0.0402. The number of nitrogens with zero attached hydrogens (tertiary/aromatic N) is 3. The van der Waals surface area contributed by atoms with Crippen LogP contribution >= 0.6 is 0 Å². The molecule has 2 heterocycles. The average molecular weight is 374 g/mol. The van der Waals surface area contributed by atoms with Crippen LogP contribution < -0.4 is 5.32 Å². The number of aliphatic hydroxyl groups excluding tert-OH is 1. The monoisotopic (exact) mass is 374 g/mol. The Labute approximate surface area is 160 Å². The number of benzene rings is 2. The molecule has 0 aliphatic carbocycles. The average Bonchev–Trinajstić information content (AvgIpc) is 3.15. The molecule has 3 N–H and O–H groups in total. The third kappa shape index (κ3) is 3.43. The number of aliphatic hydroxyl groups is 1. The maximum atomic E-state index is 11.9. The first-order valence-corrected chi connectivity index (χ1v) is 8.78. The Bertz CT molecular complexity index is 1140.